The van der Waals surface area contributed by atoms with Gasteiger partial charge in [0.1, 0.15) is 0 Å². The lowest BCUT2D eigenvalue weighted by atomic mass is 9.33. The standard InChI is InChI=1S/C90H69BN6/c1-89(2,3)64-47-62(48-65(51-64)90(4,5)6)63-49-84-86-85(50-63)97(88-74(60-31-15-9-16-32-60)56-93-57-75(88)61-33-17-10-18-34-61)83-53-67(95-80-41-25-21-37-70(80)71-38-22-26-42-81(71)95)44-46-77(83)91(86)76-45-43-66(94-78-39-23-19-35-68(78)69-36-20-24-40-79(69)94)52-82(76)96(84)87-72(58-27-11-7-12-28-58)54-92-55-73(87)59-29-13-8-14-30-59/h7-57H,1-6H3/i19D,20D,21D,22D,23D,24D,25D,26D,35D,36D,37D,38D,39D,40D,41D,42D. The quantitative estimate of drug-likeness (QED) is 0.135. The van der Waals surface area contributed by atoms with Crippen LogP contribution in [0.15, 0.2) is 310 Å². The normalized spacial score (nSPS) is 15.1. The Morgan fingerprint density at radius 3 is 0.948 bits per heavy atom. The van der Waals surface area contributed by atoms with Crippen molar-refractivity contribution in [2.75, 3.05) is 9.80 Å². The average molecular weight is 1260 g/mol. The molecule has 16 aromatic rings. The predicted octanol–water partition coefficient (Wildman–Crippen LogP) is 21.7. The van der Waals surface area contributed by atoms with Gasteiger partial charge in [-0.1, -0.05) is 266 Å². The van der Waals surface area contributed by atoms with E-state index >= 15 is 0 Å². The van der Waals surface area contributed by atoms with Crippen LogP contribution in [0.25, 0.3) is 111 Å². The number of aromatic nitrogens is 4. The minimum Gasteiger partial charge on any atom is -0.310 e. The third-order valence-corrected chi connectivity index (χ3v) is 19.2. The van der Waals surface area contributed by atoms with Gasteiger partial charge < -0.3 is 18.9 Å². The largest absolute Gasteiger partial charge is 0.310 e. The summed E-state index contributed by atoms with van der Waals surface area (Å²) in [5.74, 6) is 0. The fraction of sp³-hybridized carbons (Fsp3) is 0.0889. The molecule has 97 heavy (non-hydrogen) atoms. The van der Waals surface area contributed by atoms with Crippen LogP contribution in [-0.4, -0.2) is 25.8 Å². The van der Waals surface area contributed by atoms with Gasteiger partial charge in [-0.3, -0.25) is 9.97 Å². The van der Waals surface area contributed by atoms with Crippen LogP contribution in [0.2, 0.25) is 0 Å². The molecule has 4 aromatic heterocycles. The first-order chi connectivity index (χ1) is 54.1. The molecule has 2 aliphatic rings. The molecule has 6 nitrogen and oxygen atoms in total. The van der Waals surface area contributed by atoms with Gasteiger partial charge in [0.15, 0.2) is 0 Å². The summed E-state index contributed by atoms with van der Waals surface area (Å²) in [5, 5.41) is -0.339. The molecule has 0 spiro atoms. The molecule has 18 rings (SSSR count). The molecule has 0 radical (unpaired) electrons. The average Bonchev–Trinajstić information content (AvgIpc) is 1.30. The van der Waals surface area contributed by atoms with Gasteiger partial charge in [0, 0.05) is 103 Å². The van der Waals surface area contributed by atoms with Gasteiger partial charge in [0.2, 0.25) is 0 Å². The van der Waals surface area contributed by atoms with Crippen molar-refractivity contribution in [1.29, 1.82) is 0 Å². The number of hydrogen-bond donors (Lipinski definition) is 0. The van der Waals surface area contributed by atoms with Gasteiger partial charge in [0.25, 0.3) is 6.71 Å². The second-order valence-electron chi connectivity index (χ2n) is 27.0. The molecule has 0 bridgehead atoms. The molecule has 0 saturated carbocycles. The van der Waals surface area contributed by atoms with Crippen molar-refractivity contribution in [2.45, 2.75) is 52.4 Å². The SMILES string of the molecule is [2H]c1c([2H])c([2H])c2c(c1[2H])c1c([2H])c([2H])c([2H])c([2H])c1n2-c1ccc2c(c1)N(c1c(-c3ccccc3)cncc1-c1ccccc1)c1cc(-c3cc(C(C)(C)C)cc(C(C)(C)C)c3)cc3c1B2c1ccc(-n2c4c([2H])c([2H])c([2H])c([2H])c4c4c([2H])c([2H])c([2H])c([2H])c42)cc1N3c1c(-c2ccccc2)cncc1-c1ccccc1. The maximum absolute atomic E-state index is 9.83. The summed E-state index contributed by atoms with van der Waals surface area (Å²) < 4.78 is 154. The third kappa shape index (κ3) is 9.39. The fourth-order valence-corrected chi connectivity index (χ4v) is 14.6. The highest BCUT2D eigenvalue weighted by atomic mass is 15.2. The zero-order chi connectivity index (χ0) is 79.2. The minimum atomic E-state index is -0.800. The number of pyridine rings is 2. The second-order valence-corrected chi connectivity index (χ2v) is 27.0. The smallest absolute Gasteiger partial charge is 0.252 e. The summed E-state index contributed by atoms with van der Waals surface area (Å²) >= 11 is 0. The van der Waals surface area contributed by atoms with Gasteiger partial charge >= 0.3 is 0 Å². The van der Waals surface area contributed by atoms with Crippen molar-refractivity contribution < 1.29 is 21.9 Å². The van der Waals surface area contributed by atoms with Crippen LogP contribution >= 0.6 is 0 Å². The van der Waals surface area contributed by atoms with E-state index < -0.39 is 103 Å². The molecular formula is C90H69BN6. The molecule has 2 aliphatic heterocycles. The van der Waals surface area contributed by atoms with Gasteiger partial charge in [-0.05, 0) is 132 Å². The number of hydrogen-bond acceptors (Lipinski definition) is 4. The van der Waals surface area contributed by atoms with Crippen LogP contribution in [-0.2, 0) is 10.8 Å². The summed E-state index contributed by atoms with van der Waals surface area (Å²) in [7, 11) is 0. The molecular weight excluding hydrogens is 1180 g/mol. The molecule has 6 heterocycles. The zero-order valence-electron chi connectivity index (χ0n) is 70.0. The van der Waals surface area contributed by atoms with Crippen LogP contribution in [0, 0.1) is 0 Å². The Hall–Kier alpha value is -11.8. The van der Waals surface area contributed by atoms with E-state index in [-0.39, 0.29) is 65.8 Å². The first kappa shape index (κ1) is 43.2. The second kappa shape index (κ2) is 22.4. The van der Waals surface area contributed by atoms with E-state index in [2.05, 4.69) is 81.7 Å². The van der Waals surface area contributed by atoms with Crippen LogP contribution in [0.4, 0.5) is 34.1 Å². The topological polar surface area (TPSA) is 42.1 Å². The Bertz CT molecular complexity index is 6130. The van der Waals surface area contributed by atoms with Crippen LogP contribution in [0.1, 0.15) is 74.6 Å². The minimum absolute atomic E-state index is 0.0655. The molecule has 12 aromatic carbocycles. The Kier molecular flexibility index (Phi) is 10.00. The number of fused-ring (bicyclic) bond motifs is 10. The highest BCUT2D eigenvalue weighted by Gasteiger charge is 2.46. The Balaban J connectivity index is 1.08. The molecule has 462 valence electrons. The first-order valence-electron chi connectivity index (χ1n) is 40.5. The van der Waals surface area contributed by atoms with Crippen molar-refractivity contribution in [3.8, 4) is 67.0 Å². The Morgan fingerprint density at radius 1 is 0.320 bits per heavy atom. The molecule has 7 heteroatoms. The van der Waals surface area contributed by atoms with E-state index in [1.54, 1.807) is 9.13 Å². The lowest BCUT2D eigenvalue weighted by Crippen LogP contribution is -2.61. The summed E-state index contributed by atoms with van der Waals surface area (Å²) in [6.07, 6.45) is 7.44. The van der Waals surface area contributed by atoms with Gasteiger partial charge in [-0.15, -0.1) is 0 Å². The summed E-state index contributed by atoms with van der Waals surface area (Å²) in [4.78, 5) is 14.7. The number of benzene rings is 12. The van der Waals surface area contributed by atoms with Crippen molar-refractivity contribution >= 4 is 101 Å². The van der Waals surface area contributed by atoms with Crippen LogP contribution in [0.3, 0.4) is 0 Å². The number of anilines is 6. The maximum Gasteiger partial charge on any atom is 0.252 e. The molecule has 0 atom stereocenters. The molecule has 0 unspecified atom stereocenters. The summed E-state index contributed by atoms with van der Waals surface area (Å²) in [6, 6.07) is 54.4. The molecule has 0 fully saturated rings. The summed E-state index contributed by atoms with van der Waals surface area (Å²) in [6.45, 7) is 12.4. The molecule has 0 aliphatic carbocycles. The monoisotopic (exact) mass is 1260 g/mol. The number of rotatable bonds is 9. The molecule has 0 amide bonds. The van der Waals surface area contributed by atoms with Crippen LogP contribution in [0.5, 0.6) is 0 Å². The highest BCUT2D eigenvalue weighted by Crippen LogP contribution is 2.54. The van der Waals surface area contributed by atoms with Crippen molar-refractivity contribution in [3.05, 3.63) is 321 Å². The van der Waals surface area contributed by atoms with Crippen LogP contribution < -0.4 is 26.2 Å². The van der Waals surface area contributed by atoms with E-state index in [9.17, 15) is 16.4 Å². The van der Waals surface area contributed by atoms with Crippen molar-refractivity contribution in [1.82, 2.24) is 19.1 Å². The number of nitrogens with zero attached hydrogens (tertiary/aromatic N) is 6. The Morgan fingerprint density at radius 2 is 0.629 bits per heavy atom. The van der Waals surface area contributed by atoms with E-state index in [1.807, 2.05) is 183 Å². The maximum atomic E-state index is 9.83. The lowest BCUT2D eigenvalue weighted by Gasteiger charge is -2.46. The molecule has 0 saturated heterocycles. The van der Waals surface area contributed by atoms with Gasteiger partial charge in [-0.25, -0.2) is 0 Å². The predicted molar refractivity (Wildman–Crippen MR) is 409 cm³/mol. The van der Waals surface area contributed by atoms with Crippen molar-refractivity contribution in [3.63, 3.8) is 0 Å². The lowest BCUT2D eigenvalue weighted by molar-refractivity contribution is 0.569. The van der Waals surface area contributed by atoms with E-state index in [0.29, 0.717) is 45.0 Å². The highest BCUT2D eigenvalue weighted by molar-refractivity contribution is 7.00. The third-order valence-electron chi connectivity index (χ3n) is 19.2. The van der Waals surface area contributed by atoms with E-state index in [1.165, 1.54) is 0 Å². The van der Waals surface area contributed by atoms with E-state index in [0.717, 1.165) is 72.2 Å². The molecule has 0 N–H and O–H groups in total. The first-order valence-corrected chi connectivity index (χ1v) is 32.5. The van der Waals surface area contributed by atoms with E-state index in [4.69, 9.17) is 15.5 Å². The fourth-order valence-electron chi connectivity index (χ4n) is 14.6. The Labute approximate surface area is 589 Å². The van der Waals surface area contributed by atoms with Crippen molar-refractivity contribution in [2.24, 2.45) is 0 Å². The summed E-state index contributed by atoms with van der Waals surface area (Å²) in [5.41, 5.74) is 15.6. The zero-order valence-corrected chi connectivity index (χ0v) is 54.0. The van der Waals surface area contributed by atoms with Gasteiger partial charge in [-0.2, -0.15) is 0 Å². The number of para-hydroxylation sites is 4. The van der Waals surface area contributed by atoms with Gasteiger partial charge in [0.05, 0.1) is 55.4 Å².